The van der Waals surface area contributed by atoms with Gasteiger partial charge in [0.05, 0.1) is 21.6 Å². The van der Waals surface area contributed by atoms with Gasteiger partial charge in [-0.1, -0.05) is 11.6 Å². The van der Waals surface area contributed by atoms with E-state index in [1.807, 2.05) is 25.7 Å². The Kier molecular flexibility index (Phi) is 4.65. The Morgan fingerprint density at radius 2 is 2.00 bits per heavy atom. The van der Waals surface area contributed by atoms with Gasteiger partial charge in [0.15, 0.2) is 5.82 Å². The molecule has 6 nitrogen and oxygen atoms in total. The highest BCUT2D eigenvalue weighted by atomic mass is 79.9. The first-order chi connectivity index (χ1) is 13.0. The molecule has 2 atom stereocenters. The van der Waals surface area contributed by atoms with E-state index in [1.165, 1.54) is 6.07 Å². The molecule has 2 aliphatic rings. The number of ether oxygens (including phenoxy) is 1. The molecule has 0 saturated carbocycles. The third-order valence-electron chi connectivity index (χ3n) is 4.92. The van der Waals surface area contributed by atoms with Gasteiger partial charge in [-0.05, 0) is 49.2 Å². The van der Waals surface area contributed by atoms with Crippen LogP contribution in [0.25, 0.3) is 10.9 Å². The molecule has 150 valence electrons. The minimum absolute atomic E-state index is 0.0322. The van der Waals surface area contributed by atoms with Crippen LogP contribution in [0, 0.1) is 11.9 Å². The molecule has 2 unspecified atom stereocenters. The molecule has 2 aromatic rings. The van der Waals surface area contributed by atoms with Crippen LogP contribution in [0.1, 0.15) is 27.2 Å². The Balaban J connectivity index is 1.66. The predicted octanol–water partition coefficient (Wildman–Crippen LogP) is 4.52. The Labute approximate surface area is 173 Å². The fourth-order valence-corrected chi connectivity index (χ4v) is 4.31. The topological polar surface area (TPSA) is 58.6 Å². The summed E-state index contributed by atoms with van der Waals surface area (Å²) in [6, 6.07) is 1.38. The zero-order valence-electron chi connectivity index (χ0n) is 15.5. The van der Waals surface area contributed by atoms with Gasteiger partial charge in [0.1, 0.15) is 16.9 Å². The van der Waals surface area contributed by atoms with Crippen LogP contribution < -0.4 is 4.90 Å². The molecule has 1 aromatic heterocycles. The fourth-order valence-electron chi connectivity index (χ4n) is 3.82. The summed E-state index contributed by atoms with van der Waals surface area (Å²) in [5.74, 6) is -0.447. The maximum Gasteiger partial charge on any atom is 0.410 e. The third kappa shape index (κ3) is 3.28. The second kappa shape index (κ2) is 6.66. The molecule has 28 heavy (non-hydrogen) atoms. The van der Waals surface area contributed by atoms with E-state index < -0.39 is 17.5 Å². The lowest BCUT2D eigenvalue weighted by Gasteiger charge is -2.36. The average molecular weight is 476 g/mol. The molecular weight excluding hydrogens is 458 g/mol. The van der Waals surface area contributed by atoms with Crippen molar-refractivity contribution in [3.05, 3.63) is 27.5 Å². The van der Waals surface area contributed by atoms with Gasteiger partial charge < -0.3 is 14.5 Å². The molecule has 3 heterocycles. The number of amides is 1. The van der Waals surface area contributed by atoms with Gasteiger partial charge in [-0.15, -0.1) is 0 Å². The summed E-state index contributed by atoms with van der Waals surface area (Å²) in [5.41, 5.74) is -0.711. The van der Waals surface area contributed by atoms with E-state index in [0.717, 1.165) is 0 Å². The molecule has 2 aliphatic heterocycles. The van der Waals surface area contributed by atoms with Crippen molar-refractivity contribution in [3.63, 3.8) is 0 Å². The highest BCUT2D eigenvalue weighted by molar-refractivity contribution is 9.10. The lowest BCUT2D eigenvalue weighted by Crippen LogP contribution is -2.50. The van der Waals surface area contributed by atoms with E-state index in [2.05, 4.69) is 25.9 Å². The van der Waals surface area contributed by atoms with E-state index in [0.29, 0.717) is 24.9 Å². The quantitative estimate of drug-likeness (QED) is 0.448. The van der Waals surface area contributed by atoms with Gasteiger partial charge in [0.25, 0.3) is 0 Å². The summed E-state index contributed by atoms with van der Waals surface area (Å²) in [7, 11) is 0. The summed E-state index contributed by atoms with van der Waals surface area (Å²) < 4.78 is 34.1. The molecule has 2 bridgehead atoms. The van der Waals surface area contributed by atoms with Crippen LogP contribution in [0.2, 0.25) is 5.02 Å². The van der Waals surface area contributed by atoms with E-state index >= 15 is 0 Å². The number of carbonyl (C=O) groups is 1. The summed E-state index contributed by atoms with van der Waals surface area (Å²) in [6.07, 6.45) is -0.669. The zero-order chi connectivity index (χ0) is 20.4. The van der Waals surface area contributed by atoms with Crippen molar-refractivity contribution in [1.29, 1.82) is 0 Å². The van der Waals surface area contributed by atoms with Gasteiger partial charge in [-0.2, -0.15) is 14.4 Å². The summed E-state index contributed by atoms with van der Waals surface area (Å²) in [6.45, 7) is 6.33. The highest BCUT2D eigenvalue weighted by Crippen LogP contribution is 2.40. The molecule has 1 aromatic carbocycles. The number of carbonyl (C=O) groups excluding carboxylic acids is 1. The van der Waals surface area contributed by atoms with Crippen LogP contribution in [-0.4, -0.2) is 51.7 Å². The molecule has 0 spiro atoms. The van der Waals surface area contributed by atoms with Gasteiger partial charge in [-0.25, -0.2) is 9.18 Å². The number of fused-ring (bicyclic) bond motifs is 3. The largest absolute Gasteiger partial charge is 0.444 e. The number of aromatic nitrogens is 2. The maximum atomic E-state index is 14.5. The number of likely N-dealkylation sites (tertiary alicyclic amines) is 1. The van der Waals surface area contributed by atoms with Crippen molar-refractivity contribution in [1.82, 2.24) is 14.9 Å². The van der Waals surface area contributed by atoms with Crippen LogP contribution in [0.4, 0.5) is 19.4 Å². The number of anilines is 1. The molecular formula is C18H18BrClF2N4O2. The van der Waals surface area contributed by atoms with Crippen LogP contribution in [-0.2, 0) is 4.74 Å². The first kappa shape index (κ1) is 19.6. The number of hydrogen-bond donors (Lipinski definition) is 0. The first-order valence-electron chi connectivity index (χ1n) is 8.82. The van der Waals surface area contributed by atoms with Crippen LogP contribution in [0.15, 0.2) is 10.5 Å². The van der Waals surface area contributed by atoms with Crippen LogP contribution >= 0.6 is 27.5 Å². The lowest BCUT2D eigenvalue weighted by atomic mass is 10.2. The number of rotatable bonds is 1. The second-order valence-corrected chi connectivity index (χ2v) is 9.23. The summed E-state index contributed by atoms with van der Waals surface area (Å²) >= 11 is 9.14. The van der Waals surface area contributed by atoms with Crippen molar-refractivity contribution < 1.29 is 18.3 Å². The Hall–Kier alpha value is -1.74. The monoisotopic (exact) mass is 474 g/mol. The Morgan fingerprint density at radius 3 is 2.61 bits per heavy atom. The van der Waals surface area contributed by atoms with Gasteiger partial charge >= 0.3 is 12.2 Å². The molecule has 0 N–H and O–H groups in total. The van der Waals surface area contributed by atoms with Crippen LogP contribution in [0.3, 0.4) is 0 Å². The number of nitrogens with zero attached hydrogens (tertiary/aromatic N) is 4. The lowest BCUT2D eigenvalue weighted by molar-refractivity contribution is 0.0214. The first-order valence-corrected chi connectivity index (χ1v) is 9.99. The second-order valence-electron chi connectivity index (χ2n) is 8.03. The molecule has 4 rings (SSSR count). The number of piperazine rings is 1. The smallest absolute Gasteiger partial charge is 0.410 e. The number of benzene rings is 1. The zero-order valence-corrected chi connectivity index (χ0v) is 17.8. The molecule has 10 heteroatoms. The minimum atomic E-state index is -1.01. The number of halogens is 4. The Bertz CT molecular complexity index is 984. The van der Waals surface area contributed by atoms with Gasteiger partial charge in [-0.3, -0.25) is 0 Å². The molecule has 2 fully saturated rings. The standard InChI is InChI=1S/C18H18BrClF2N4O2/c1-18(2,3)28-17(27)26-7-8-4-9(26)6-25(8)15-10-5-11(20)12(19)13(21)14(10)23-16(22)24-15/h5,8-9H,4,6-7H2,1-3H3. The van der Waals surface area contributed by atoms with E-state index in [4.69, 9.17) is 16.3 Å². The number of hydrogen-bond acceptors (Lipinski definition) is 5. The Morgan fingerprint density at radius 1 is 1.29 bits per heavy atom. The summed E-state index contributed by atoms with van der Waals surface area (Å²) in [5, 5.41) is 0.490. The fraction of sp³-hybridized carbons (Fsp3) is 0.500. The summed E-state index contributed by atoms with van der Waals surface area (Å²) in [4.78, 5) is 23.5. The van der Waals surface area contributed by atoms with Crippen molar-refractivity contribution >= 4 is 50.3 Å². The van der Waals surface area contributed by atoms with E-state index in [-0.39, 0.29) is 39.0 Å². The molecule has 1 amide bonds. The normalized spacial score (nSPS) is 21.7. The van der Waals surface area contributed by atoms with Crippen molar-refractivity contribution in [2.24, 2.45) is 0 Å². The average Bonchev–Trinajstić information content (AvgIpc) is 3.19. The molecule has 0 radical (unpaired) electrons. The highest BCUT2D eigenvalue weighted by Gasteiger charge is 2.47. The third-order valence-corrected chi connectivity index (χ3v) is 6.22. The van der Waals surface area contributed by atoms with E-state index in [1.54, 1.807) is 4.90 Å². The molecule has 2 saturated heterocycles. The van der Waals surface area contributed by atoms with E-state index in [9.17, 15) is 13.6 Å². The maximum absolute atomic E-state index is 14.5. The van der Waals surface area contributed by atoms with Gasteiger partial charge in [0.2, 0.25) is 0 Å². The molecule has 0 aliphatic carbocycles. The minimum Gasteiger partial charge on any atom is -0.444 e. The predicted molar refractivity (Wildman–Crippen MR) is 105 cm³/mol. The van der Waals surface area contributed by atoms with Crippen LogP contribution in [0.5, 0.6) is 0 Å². The van der Waals surface area contributed by atoms with Crippen molar-refractivity contribution in [2.75, 3.05) is 18.0 Å². The van der Waals surface area contributed by atoms with Gasteiger partial charge in [0, 0.05) is 18.5 Å². The van der Waals surface area contributed by atoms with Crippen molar-refractivity contribution in [3.8, 4) is 0 Å². The van der Waals surface area contributed by atoms with Crippen molar-refractivity contribution in [2.45, 2.75) is 44.9 Å². The SMILES string of the molecule is CC(C)(C)OC(=O)N1CC2CC1CN2c1nc(F)nc2c(F)c(Br)c(Cl)cc12.